The SMILES string of the molecule is CCNC1CCC(C(C)C)CC1CN(C)C1CCC1. The Morgan fingerprint density at radius 2 is 1.89 bits per heavy atom. The second-order valence-corrected chi connectivity index (χ2v) is 7.27. The zero-order valence-corrected chi connectivity index (χ0v) is 13.5. The molecule has 1 N–H and O–H groups in total. The minimum Gasteiger partial charge on any atom is -0.314 e. The predicted octanol–water partition coefficient (Wildman–Crippen LogP) is 3.52. The van der Waals surface area contributed by atoms with Crippen molar-refractivity contribution in [1.29, 1.82) is 0 Å². The average Bonchev–Trinajstić information content (AvgIpc) is 2.29. The Morgan fingerprint density at radius 1 is 1.16 bits per heavy atom. The van der Waals surface area contributed by atoms with Crippen LogP contribution in [0.4, 0.5) is 0 Å². The van der Waals surface area contributed by atoms with Crippen molar-refractivity contribution in [1.82, 2.24) is 10.2 Å². The minimum atomic E-state index is 0.766. The molecule has 2 saturated carbocycles. The van der Waals surface area contributed by atoms with E-state index in [9.17, 15) is 0 Å². The third kappa shape index (κ3) is 3.95. The molecule has 2 fully saturated rings. The molecule has 0 heterocycles. The third-order valence-electron chi connectivity index (χ3n) is 5.65. The van der Waals surface area contributed by atoms with Crippen molar-refractivity contribution in [2.24, 2.45) is 17.8 Å². The van der Waals surface area contributed by atoms with Gasteiger partial charge in [-0.05, 0) is 63.5 Å². The molecule has 0 spiro atoms. The molecule has 2 rings (SSSR count). The Kier molecular flexibility index (Phi) is 5.70. The fourth-order valence-electron chi connectivity index (χ4n) is 3.98. The average molecular weight is 266 g/mol. The smallest absolute Gasteiger partial charge is 0.0108 e. The summed E-state index contributed by atoms with van der Waals surface area (Å²) < 4.78 is 0. The van der Waals surface area contributed by atoms with Crippen molar-refractivity contribution in [2.45, 2.75) is 71.4 Å². The maximum atomic E-state index is 3.75. The van der Waals surface area contributed by atoms with Gasteiger partial charge in [0.15, 0.2) is 0 Å². The standard InChI is InChI=1S/C17H34N2/c1-5-18-17-10-9-14(13(2)3)11-15(17)12-19(4)16-7-6-8-16/h13-18H,5-12H2,1-4H3. The zero-order chi connectivity index (χ0) is 13.8. The van der Waals surface area contributed by atoms with Gasteiger partial charge in [0.05, 0.1) is 0 Å². The van der Waals surface area contributed by atoms with Crippen molar-refractivity contribution in [3.63, 3.8) is 0 Å². The van der Waals surface area contributed by atoms with E-state index in [1.54, 1.807) is 0 Å². The van der Waals surface area contributed by atoms with Crippen LogP contribution >= 0.6 is 0 Å². The van der Waals surface area contributed by atoms with Crippen molar-refractivity contribution < 1.29 is 0 Å². The summed E-state index contributed by atoms with van der Waals surface area (Å²) in [6.45, 7) is 9.50. The van der Waals surface area contributed by atoms with E-state index in [2.05, 4.69) is 38.0 Å². The second-order valence-electron chi connectivity index (χ2n) is 7.27. The molecule has 2 aliphatic rings. The van der Waals surface area contributed by atoms with Gasteiger partial charge in [-0.3, -0.25) is 0 Å². The minimum absolute atomic E-state index is 0.766. The second kappa shape index (κ2) is 7.08. The highest BCUT2D eigenvalue weighted by atomic mass is 15.1. The van der Waals surface area contributed by atoms with E-state index in [0.29, 0.717) is 0 Å². The van der Waals surface area contributed by atoms with E-state index in [1.807, 2.05) is 0 Å². The van der Waals surface area contributed by atoms with E-state index in [1.165, 1.54) is 45.1 Å². The lowest BCUT2D eigenvalue weighted by atomic mass is 9.73. The number of hydrogen-bond acceptors (Lipinski definition) is 2. The Balaban J connectivity index is 1.90. The summed E-state index contributed by atoms with van der Waals surface area (Å²) in [7, 11) is 2.35. The predicted molar refractivity (Wildman–Crippen MR) is 83.4 cm³/mol. The van der Waals surface area contributed by atoms with Crippen LogP contribution in [0.5, 0.6) is 0 Å². The van der Waals surface area contributed by atoms with E-state index >= 15 is 0 Å². The van der Waals surface area contributed by atoms with Crippen LogP contribution in [-0.2, 0) is 0 Å². The van der Waals surface area contributed by atoms with Crippen LogP contribution in [-0.4, -0.2) is 37.1 Å². The third-order valence-corrected chi connectivity index (χ3v) is 5.65. The highest BCUT2D eigenvalue weighted by Gasteiger charge is 2.33. The van der Waals surface area contributed by atoms with Crippen LogP contribution in [0.25, 0.3) is 0 Å². The van der Waals surface area contributed by atoms with E-state index in [0.717, 1.165) is 36.4 Å². The maximum Gasteiger partial charge on any atom is 0.0108 e. The topological polar surface area (TPSA) is 15.3 Å². The van der Waals surface area contributed by atoms with Crippen LogP contribution in [0.15, 0.2) is 0 Å². The summed E-state index contributed by atoms with van der Waals surface area (Å²) in [5.41, 5.74) is 0. The Bertz CT molecular complexity index is 260. The first-order chi connectivity index (χ1) is 9.11. The number of rotatable bonds is 6. The zero-order valence-electron chi connectivity index (χ0n) is 13.5. The molecule has 112 valence electrons. The lowest BCUT2D eigenvalue weighted by molar-refractivity contribution is 0.0882. The molecule has 3 atom stereocenters. The molecule has 19 heavy (non-hydrogen) atoms. The first-order valence-electron chi connectivity index (χ1n) is 8.55. The largest absolute Gasteiger partial charge is 0.314 e. The summed E-state index contributed by atoms with van der Waals surface area (Å²) in [6.07, 6.45) is 8.57. The molecule has 0 aliphatic heterocycles. The fraction of sp³-hybridized carbons (Fsp3) is 1.00. The highest BCUT2D eigenvalue weighted by molar-refractivity contribution is 4.89. The quantitative estimate of drug-likeness (QED) is 0.791. The van der Waals surface area contributed by atoms with Gasteiger partial charge in [-0.2, -0.15) is 0 Å². The molecular formula is C17H34N2. The summed E-state index contributed by atoms with van der Waals surface area (Å²) >= 11 is 0. The number of hydrogen-bond donors (Lipinski definition) is 1. The van der Waals surface area contributed by atoms with Gasteiger partial charge in [0.1, 0.15) is 0 Å². The van der Waals surface area contributed by atoms with Gasteiger partial charge in [-0.15, -0.1) is 0 Å². The van der Waals surface area contributed by atoms with Gasteiger partial charge in [0.2, 0.25) is 0 Å². The highest BCUT2D eigenvalue weighted by Crippen LogP contribution is 2.35. The molecule has 0 saturated heterocycles. The van der Waals surface area contributed by atoms with E-state index < -0.39 is 0 Å². The molecule has 2 nitrogen and oxygen atoms in total. The molecule has 0 radical (unpaired) electrons. The summed E-state index contributed by atoms with van der Waals surface area (Å²) in [5, 5.41) is 3.75. The van der Waals surface area contributed by atoms with Crippen molar-refractivity contribution in [2.75, 3.05) is 20.1 Å². The molecule has 0 aromatic rings. The Hall–Kier alpha value is -0.0800. The van der Waals surface area contributed by atoms with Gasteiger partial charge >= 0.3 is 0 Å². The van der Waals surface area contributed by atoms with Crippen molar-refractivity contribution in [3.05, 3.63) is 0 Å². The van der Waals surface area contributed by atoms with Gasteiger partial charge in [0.25, 0.3) is 0 Å². The van der Waals surface area contributed by atoms with Crippen LogP contribution < -0.4 is 5.32 Å². The molecule has 0 aromatic carbocycles. The van der Waals surface area contributed by atoms with Crippen LogP contribution in [0.2, 0.25) is 0 Å². The molecule has 0 aromatic heterocycles. The first-order valence-corrected chi connectivity index (χ1v) is 8.55. The molecule has 0 amide bonds. The molecular weight excluding hydrogens is 232 g/mol. The summed E-state index contributed by atoms with van der Waals surface area (Å²) in [4.78, 5) is 2.65. The molecule has 0 bridgehead atoms. The van der Waals surface area contributed by atoms with Gasteiger partial charge in [-0.1, -0.05) is 27.2 Å². The Morgan fingerprint density at radius 3 is 2.42 bits per heavy atom. The molecule has 3 unspecified atom stereocenters. The van der Waals surface area contributed by atoms with E-state index in [4.69, 9.17) is 0 Å². The van der Waals surface area contributed by atoms with E-state index in [-0.39, 0.29) is 0 Å². The summed E-state index contributed by atoms with van der Waals surface area (Å²) in [6, 6.07) is 1.66. The monoisotopic (exact) mass is 266 g/mol. The van der Waals surface area contributed by atoms with Crippen LogP contribution in [0.3, 0.4) is 0 Å². The van der Waals surface area contributed by atoms with Crippen molar-refractivity contribution >= 4 is 0 Å². The van der Waals surface area contributed by atoms with Gasteiger partial charge in [0, 0.05) is 18.6 Å². The molecule has 2 heteroatoms. The van der Waals surface area contributed by atoms with Gasteiger partial charge in [-0.25, -0.2) is 0 Å². The van der Waals surface area contributed by atoms with Crippen molar-refractivity contribution in [3.8, 4) is 0 Å². The van der Waals surface area contributed by atoms with Crippen LogP contribution in [0, 0.1) is 17.8 Å². The maximum absolute atomic E-state index is 3.75. The number of nitrogens with one attached hydrogen (secondary N) is 1. The Labute approximate surface area is 120 Å². The normalized spacial score (nSPS) is 32.8. The fourth-order valence-corrected chi connectivity index (χ4v) is 3.98. The molecule has 2 aliphatic carbocycles. The van der Waals surface area contributed by atoms with Gasteiger partial charge < -0.3 is 10.2 Å². The number of nitrogens with zero attached hydrogens (tertiary/aromatic N) is 1. The lowest BCUT2D eigenvalue weighted by Gasteiger charge is -2.43. The van der Waals surface area contributed by atoms with Crippen LogP contribution in [0.1, 0.15) is 59.3 Å². The lowest BCUT2D eigenvalue weighted by Crippen LogP contribution is -2.48. The first kappa shape index (κ1) is 15.3. The summed E-state index contributed by atoms with van der Waals surface area (Å²) in [5.74, 6) is 2.68.